The molecule has 0 aromatic heterocycles. The van der Waals surface area contributed by atoms with Crippen LogP contribution in [-0.4, -0.2) is 26.6 Å². The van der Waals surface area contributed by atoms with Gasteiger partial charge >= 0.3 is 0 Å². The van der Waals surface area contributed by atoms with Crippen molar-refractivity contribution in [3.8, 4) is 39.9 Å². The summed E-state index contributed by atoms with van der Waals surface area (Å²) in [7, 11) is 1.61. The maximum absolute atomic E-state index is 11.7. The van der Waals surface area contributed by atoms with Crippen LogP contribution in [-0.2, 0) is 13.2 Å². The van der Waals surface area contributed by atoms with E-state index in [0.717, 1.165) is 51.4 Å². The monoisotopic (exact) mass is 530 g/mol. The number of hydrogen-bond acceptors (Lipinski definition) is 6. The van der Waals surface area contributed by atoms with Gasteiger partial charge < -0.3 is 23.7 Å². The molecular formula is C31H27ClO6. The molecule has 4 aromatic carbocycles. The number of hydrogen-bond donors (Lipinski definition) is 0. The number of benzene rings is 4. The van der Waals surface area contributed by atoms with Crippen LogP contribution in [0.2, 0.25) is 5.02 Å². The molecule has 0 bridgehead atoms. The maximum Gasteiger partial charge on any atom is 0.161 e. The first-order valence-electron chi connectivity index (χ1n) is 12.2. The molecule has 0 N–H and O–H groups in total. The third-order valence-corrected chi connectivity index (χ3v) is 6.70. The Bertz CT molecular complexity index is 1470. The molecule has 6 nitrogen and oxygen atoms in total. The molecule has 0 atom stereocenters. The van der Waals surface area contributed by atoms with Crippen LogP contribution in [0.4, 0.5) is 0 Å². The van der Waals surface area contributed by atoms with Gasteiger partial charge in [-0.05, 0) is 65.1 Å². The van der Waals surface area contributed by atoms with E-state index in [4.69, 9.17) is 35.3 Å². The molecule has 1 heterocycles. The maximum atomic E-state index is 11.7. The van der Waals surface area contributed by atoms with Gasteiger partial charge in [-0.25, -0.2) is 0 Å². The van der Waals surface area contributed by atoms with E-state index in [9.17, 15) is 4.79 Å². The number of fused-ring (bicyclic) bond motifs is 1. The number of carbonyl (C=O) groups excluding carboxylic acids is 1. The van der Waals surface area contributed by atoms with E-state index in [1.54, 1.807) is 19.2 Å². The fourth-order valence-corrected chi connectivity index (χ4v) is 4.55. The van der Waals surface area contributed by atoms with Crippen LogP contribution in [0.1, 0.15) is 27.0 Å². The Morgan fingerprint density at radius 1 is 0.868 bits per heavy atom. The molecule has 0 radical (unpaired) electrons. The number of ether oxygens (including phenoxy) is 5. The lowest BCUT2D eigenvalue weighted by Crippen LogP contribution is -2.15. The van der Waals surface area contributed by atoms with Gasteiger partial charge in [-0.3, -0.25) is 4.79 Å². The summed E-state index contributed by atoms with van der Waals surface area (Å²) in [6.07, 6.45) is 0.720. The number of carbonyl (C=O) groups is 1. The molecule has 1 aliphatic rings. The molecule has 0 amide bonds. The van der Waals surface area contributed by atoms with E-state index in [1.165, 1.54) is 0 Å². The second-order valence-electron chi connectivity index (χ2n) is 8.82. The zero-order valence-corrected chi connectivity index (χ0v) is 21.9. The first kappa shape index (κ1) is 25.5. The van der Waals surface area contributed by atoms with Crippen LogP contribution < -0.4 is 23.7 Å². The Morgan fingerprint density at radius 3 is 2.47 bits per heavy atom. The summed E-state index contributed by atoms with van der Waals surface area (Å²) in [5, 5.41) is 0.335. The van der Waals surface area contributed by atoms with Crippen molar-refractivity contribution in [2.75, 3.05) is 20.3 Å². The Labute approximate surface area is 226 Å². The Balaban J connectivity index is 1.34. The Hall–Kier alpha value is -4.16. The van der Waals surface area contributed by atoms with Gasteiger partial charge in [-0.1, -0.05) is 48.0 Å². The first-order chi connectivity index (χ1) is 18.6. The summed E-state index contributed by atoms with van der Waals surface area (Å²) < 4.78 is 28.8. The highest BCUT2D eigenvalue weighted by atomic mass is 35.5. The van der Waals surface area contributed by atoms with Gasteiger partial charge in [0.15, 0.2) is 17.8 Å². The molecule has 0 saturated carbocycles. The molecule has 0 spiro atoms. The third kappa shape index (κ3) is 5.55. The van der Waals surface area contributed by atoms with Crippen molar-refractivity contribution in [3.05, 3.63) is 100 Å². The van der Waals surface area contributed by atoms with Gasteiger partial charge in [0.2, 0.25) is 0 Å². The Morgan fingerprint density at radius 2 is 1.66 bits per heavy atom. The van der Waals surface area contributed by atoms with E-state index < -0.39 is 0 Å². The van der Waals surface area contributed by atoms with E-state index in [1.807, 2.05) is 54.6 Å². The summed E-state index contributed by atoms with van der Waals surface area (Å²) in [5.74, 6) is 3.06. The lowest BCUT2D eigenvalue weighted by molar-refractivity contribution is 0.111. The highest BCUT2D eigenvalue weighted by molar-refractivity contribution is 6.32. The largest absolute Gasteiger partial charge is 0.497 e. The fourth-order valence-electron chi connectivity index (χ4n) is 4.32. The highest BCUT2D eigenvalue weighted by Gasteiger charge is 2.16. The van der Waals surface area contributed by atoms with Gasteiger partial charge in [-0.15, -0.1) is 0 Å². The number of halogens is 1. The van der Waals surface area contributed by atoms with Crippen LogP contribution in [0.25, 0.3) is 11.1 Å². The topological polar surface area (TPSA) is 63.2 Å². The van der Waals surface area contributed by atoms with Crippen molar-refractivity contribution in [1.82, 2.24) is 0 Å². The minimum atomic E-state index is 0.260. The van der Waals surface area contributed by atoms with Crippen LogP contribution in [0.15, 0.2) is 72.8 Å². The fraction of sp³-hybridized carbons (Fsp3) is 0.194. The smallest absolute Gasteiger partial charge is 0.161 e. The third-order valence-electron chi connectivity index (χ3n) is 6.40. The number of methoxy groups -OCH3 is 1. The number of rotatable bonds is 9. The molecule has 4 aromatic rings. The molecule has 0 saturated heterocycles. The average Bonchev–Trinajstić information content (AvgIpc) is 2.96. The molecule has 0 fully saturated rings. The second-order valence-corrected chi connectivity index (χ2v) is 9.22. The summed E-state index contributed by atoms with van der Waals surface area (Å²) >= 11 is 6.46. The average molecular weight is 531 g/mol. The number of aldehydes is 1. The predicted molar refractivity (Wildman–Crippen MR) is 146 cm³/mol. The van der Waals surface area contributed by atoms with Crippen molar-refractivity contribution in [3.63, 3.8) is 0 Å². The molecule has 38 heavy (non-hydrogen) atoms. The zero-order chi connectivity index (χ0) is 26.5. The van der Waals surface area contributed by atoms with Crippen LogP contribution in [0, 0.1) is 6.92 Å². The summed E-state index contributed by atoms with van der Waals surface area (Å²) in [6, 6.07) is 22.8. The van der Waals surface area contributed by atoms with Crippen molar-refractivity contribution in [2.24, 2.45) is 0 Å². The first-order valence-corrected chi connectivity index (χ1v) is 12.6. The van der Waals surface area contributed by atoms with Crippen molar-refractivity contribution < 1.29 is 28.5 Å². The summed E-state index contributed by atoms with van der Waals surface area (Å²) in [4.78, 5) is 11.7. The van der Waals surface area contributed by atoms with E-state index in [0.29, 0.717) is 41.9 Å². The van der Waals surface area contributed by atoms with E-state index >= 15 is 0 Å². The van der Waals surface area contributed by atoms with Crippen LogP contribution >= 0.6 is 11.6 Å². The lowest BCUT2D eigenvalue weighted by Gasteiger charge is -2.20. The quantitative estimate of drug-likeness (QED) is 0.216. The van der Waals surface area contributed by atoms with E-state index in [-0.39, 0.29) is 6.61 Å². The standard InChI is InChI=1S/C31H27ClO6/c1-20-23(6-4-8-26(20)22-9-10-28-31(15-22)36-12-11-35-28)19-38-30-16-29(24(17-33)14-27(30)32)37-18-21-5-3-7-25(13-21)34-2/h3-10,13-17H,11-12,18-19H2,1-2H3. The normalized spacial score (nSPS) is 12.1. The van der Waals surface area contributed by atoms with E-state index in [2.05, 4.69) is 13.0 Å². The summed E-state index contributed by atoms with van der Waals surface area (Å²) in [5.41, 5.74) is 5.46. The van der Waals surface area contributed by atoms with Gasteiger partial charge in [0.25, 0.3) is 0 Å². The van der Waals surface area contributed by atoms with Gasteiger partial charge in [0.05, 0.1) is 17.7 Å². The molecular weight excluding hydrogens is 504 g/mol. The molecule has 0 unspecified atom stereocenters. The van der Waals surface area contributed by atoms with Gasteiger partial charge in [-0.2, -0.15) is 0 Å². The lowest BCUT2D eigenvalue weighted by atomic mass is 9.96. The molecule has 5 rings (SSSR count). The van der Waals surface area contributed by atoms with Crippen LogP contribution in [0.3, 0.4) is 0 Å². The van der Waals surface area contributed by atoms with Crippen LogP contribution in [0.5, 0.6) is 28.7 Å². The minimum Gasteiger partial charge on any atom is -0.497 e. The van der Waals surface area contributed by atoms with Crippen molar-refractivity contribution in [2.45, 2.75) is 20.1 Å². The molecule has 7 heteroatoms. The van der Waals surface area contributed by atoms with Gasteiger partial charge in [0.1, 0.15) is 43.7 Å². The minimum absolute atomic E-state index is 0.260. The van der Waals surface area contributed by atoms with Crippen molar-refractivity contribution in [1.29, 1.82) is 0 Å². The zero-order valence-electron chi connectivity index (χ0n) is 21.2. The van der Waals surface area contributed by atoms with Crippen molar-refractivity contribution >= 4 is 17.9 Å². The Kier molecular flexibility index (Phi) is 7.70. The second kappa shape index (κ2) is 11.5. The van der Waals surface area contributed by atoms with Gasteiger partial charge in [0, 0.05) is 6.07 Å². The molecule has 1 aliphatic heterocycles. The SMILES string of the molecule is COc1cccc(COc2cc(OCc3cccc(-c4ccc5c(c4)OCCO5)c3C)c(Cl)cc2C=O)c1. The molecule has 0 aliphatic carbocycles. The summed E-state index contributed by atoms with van der Waals surface area (Å²) in [6.45, 7) is 3.71. The molecule has 194 valence electrons. The predicted octanol–water partition coefficient (Wildman–Crippen LogP) is 7.07. The highest BCUT2D eigenvalue weighted by Crippen LogP contribution is 2.37.